The zero-order valence-corrected chi connectivity index (χ0v) is 12.5. The number of ether oxygens (including phenoxy) is 1. The Balaban J connectivity index is 2.25. The molecule has 0 saturated carbocycles. The Kier molecular flexibility index (Phi) is 3.09. The summed E-state index contributed by atoms with van der Waals surface area (Å²) in [5.74, 6) is 0.776. The van der Waals surface area contributed by atoms with Crippen molar-refractivity contribution in [2.45, 2.75) is 32.2 Å². The number of nitrogens with zero attached hydrogens (tertiary/aromatic N) is 2. The normalized spacial score (nSPS) is 18.4. The molecule has 100 valence electrons. The molecule has 1 aromatic heterocycles. The molecule has 2 aromatic rings. The fraction of sp³-hybridized carbons (Fsp3) is 0.429. The maximum absolute atomic E-state index is 11.6. The number of methoxy groups -OCH3 is 1. The predicted octanol–water partition coefficient (Wildman–Crippen LogP) is 3.48. The standard InChI is InChI=1S/C14H15BrN2O2/c1-8-4-3-5-12-16-11-7-9(14(18)19-2)6-10(15)13(11)17(8)12/h6-8H,3-5H2,1-2H3. The van der Waals surface area contributed by atoms with E-state index in [4.69, 9.17) is 4.74 Å². The first-order valence-electron chi connectivity index (χ1n) is 6.40. The third-order valence-electron chi connectivity index (χ3n) is 3.70. The highest BCUT2D eigenvalue weighted by Crippen LogP contribution is 2.34. The Morgan fingerprint density at radius 2 is 2.32 bits per heavy atom. The predicted molar refractivity (Wildman–Crippen MR) is 76.4 cm³/mol. The number of halogens is 1. The highest BCUT2D eigenvalue weighted by Gasteiger charge is 2.22. The smallest absolute Gasteiger partial charge is 0.337 e. The molecule has 1 atom stereocenters. The number of rotatable bonds is 1. The van der Waals surface area contributed by atoms with Gasteiger partial charge in [0.25, 0.3) is 0 Å². The minimum absolute atomic E-state index is 0.332. The van der Waals surface area contributed by atoms with E-state index in [1.807, 2.05) is 12.1 Å². The van der Waals surface area contributed by atoms with E-state index in [0.717, 1.165) is 27.8 Å². The van der Waals surface area contributed by atoms with Crippen molar-refractivity contribution in [1.29, 1.82) is 0 Å². The summed E-state index contributed by atoms with van der Waals surface area (Å²) < 4.78 is 7.95. The molecule has 0 aliphatic carbocycles. The Labute approximate surface area is 119 Å². The molecule has 0 saturated heterocycles. The van der Waals surface area contributed by atoms with Crippen molar-refractivity contribution in [3.8, 4) is 0 Å². The summed E-state index contributed by atoms with van der Waals surface area (Å²) in [6.07, 6.45) is 3.34. The molecule has 1 aromatic carbocycles. The fourth-order valence-electron chi connectivity index (χ4n) is 2.80. The van der Waals surface area contributed by atoms with E-state index in [-0.39, 0.29) is 5.97 Å². The third-order valence-corrected chi connectivity index (χ3v) is 4.30. The molecule has 0 N–H and O–H groups in total. The summed E-state index contributed by atoms with van der Waals surface area (Å²) in [5.41, 5.74) is 2.47. The zero-order valence-electron chi connectivity index (χ0n) is 10.9. The Hall–Kier alpha value is -1.36. The molecule has 0 spiro atoms. The quantitative estimate of drug-likeness (QED) is 0.755. The van der Waals surface area contributed by atoms with Crippen molar-refractivity contribution in [3.05, 3.63) is 28.0 Å². The molecule has 1 aliphatic rings. The van der Waals surface area contributed by atoms with Gasteiger partial charge in [-0.2, -0.15) is 0 Å². The van der Waals surface area contributed by atoms with E-state index in [0.29, 0.717) is 11.6 Å². The van der Waals surface area contributed by atoms with Crippen molar-refractivity contribution in [2.24, 2.45) is 0 Å². The van der Waals surface area contributed by atoms with E-state index in [9.17, 15) is 4.79 Å². The summed E-state index contributed by atoms with van der Waals surface area (Å²) in [6.45, 7) is 2.21. The summed E-state index contributed by atoms with van der Waals surface area (Å²) in [4.78, 5) is 16.3. The van der Waals surface area contributed by atoms with Crippen LogP contribution < -0.4 is 0 Å². The van der Waals surface area contributed by atoms with Crippen LogP contribution >= 0.6 is 15.9 Å². The maximum Gasteiger partial charge on any atom is 0.337 e. The zero-order chi connectivity index (χ0) is 13.6. The molecule has 3 rings (SSSR count). The third kappa shape index (κ3) is 1.96. The van der Waals surface area contributed by atoms with Gasteiger partial charge in [-0.15, -0.1) is 0 Å². The van der Waals surface area contributed by atoms with Gasteiger partial charge in [-0.3, -0.25) is 0 Å². The largest absolute Gasteiger partial charge is 0.465 e. The van der Waals surface area contributed by atoms with Gasteiger partial charge in [0.05, 0.1) is 23.7 Å². The first kappa shape index (κ1) is 12.7. The van der Waals surface area contributed by atoms with E-state index in [1.165, 1.54) is 20.0 Å². The van der Waals surface area contributed by atoms with Crippen molar-refractivity contribution >= 4 is 32.9 Å². The molecule has 2 heterocycles. The lowest BCUT2D eigenvalue weighted by Gasteiger charge is -2.22. The number of hydrogen-bond acceptors (Lipinski definition) is 3. The van der Waals surface area contributed by atoms with Gasteiger partial charge in [0, 0.05) is 16.9 Å². The van der Waals surface area contributed by atoms with Crippen LogP contribution in [0.3, 0.4) is 0 Å². The van der Waals surface area contributed by atoms with Gasteiger partial charge in [0.15, 0.2) is 0 Å². The second-order valence-corrected chi connectivity index (χ2v) is 5.81. The highest BCUT2D eigenvalue weighted by atomic mass is 79.9. The molecular weight excluding hydrogens is 308 g/mol. The number of aromatic nitrogens is 2. The minimum Gasteiger partial charge on any atom is -0.465 e. The molecule has 4 nitrogen and oxygen atoms in total. The molecule has 0 amide bonds. The first-order chi connectivity index (χ1) is 9.11. The van der Waals surface area contributed by atoms with Crippen LogP contribution in [0, 0.1) is 0 Å². The van der Waals surface area contributed by atoms with Gasteiger partial charge in [-0.1, -0.05) is 0 Å². The number of carbonyl (C=O) groups excluding carboxylic acids is 1. The molecule has 19 heavy (non-hydrogen) atoms. The average molecular weight is 323 g/mol. The van der Waals surface area contributed by atoms with Gasteiger partial charge < -0.3 is 9.30 Å². The van der Waals surface area contributed by atoms with Crippen molar-refractivity contribution < 1.29 is 9.53 Å². The Bertz CT molecular complexity index is 663. The fourth-order valence-corrected chi connectivity index (χ4v) is 3.44. The number of hydrogen-bond donors (Lipinski definition) is 0. The van der Waals surface area contributed by atoms with Crippen LogP contribution in [0.15, 0.2) is 16.6 Å². The van der Waals surface area contributed by atoms with Crippen LogP contribution in [0.2, 0.25) is 0 Å². The van der Waals surface area contributed by atoms with Crippen molar-refractivity contribution in [3.63, 3.8) is 0 Å². The van der Waals surface area contributed by atoms with Crippen molar-refractivity contribution in [2.75, 3.05) is 7.11 Å². The van der Waals surface area contributed by atoms with E-state index in [2.05, 4.69) is 32.4 Å². The molecule has 1 unspecified atom stereocenters. The molecule has 5 heteroatoms. The van der Waals surface area contributed by atoms with Crippen LogP contribution in [-0.4, -0.2) is 22.6 Å². The first-order valence-corrected chi connectivity index (χ1v) is 7.19. The Morgan fingerprint density at radius 1 is 1.53 bits per heavy atom. The SMILES string of the molecule is COC(=O)c1cc(Br)c2c(c1)nc1n2C(C)CCC1. The second-order valence-electron chi connectivity index (χ2n) is 4.96. The summed E-state index contributed by atoms with van der Waals surface area (Å²) >= 11 is 3.56. The lowest BCUT2D eigenvalue weighted by Crippen LogP contribution is -2.15. The number of imidazole rings is 1. The van der Waals surface area contributed by atoms with E-state index >= 15 is 0 Å². The lowest BCUT2D eigenvalue weighted by molar-refractivity contribution is 0.0601. The monoisotopic (exact) mass is 322 g/mol. The van der Waals surface area contributed by atoms with Crippen LogP contribution in [0.4, 0.5) is 0 Å². The molecule has 0 bridgehead atoms. The molecule has 0 radical (unpaired) electrons. The van der Waals surface area contributed by atoms with Gasteiger partial charge in [-0.25, -0.2) is 9.78 Å². The number of aryl methyl sites for hydroxylation is 1. The van der Waals surface area contributed by atoms with Crippen molar-refractivity contribution in [1.82, 2.24) is 9.55 Å². The summed E-state index contributed by atoms with van der Waals surface area (Å²) in [5, 5.41) is 0. The average Bonchev–Trinajstić information content (AvgIpc) is 2.77. The minimum atomic E-state index is -0.332. The summed E-state index contributed by atoms with van der Waals surface area (Å²) in [6, 6.07) is 4.07. The van der Waals surface area contributed by atoms with Gasteiger partial charge >= 0.3 is 5.97 Å². The topological polar surface area (TPSA) is 44.1 Å². The lowest BCUT2D eigenvalue weighted by atomic mass is 10.1. The second kappa shape index (κ2) is 4.63. The van der Waals surface area contributed by atoms with Crippen LogP contribution in [0.5, 0.6) is 0 Å². The number of benzene rings is 1. The van der Waals surface area contributed by atoms with Crippen LogP contribution in [-0.2, 0) is 11.2 Å². The number of carbonyl (C=O) groups is 1. The van der Waals surface area contributed by atoms with Crippen LogP contribution in [0.25, 0.3) is 11.0 Å². The van der Waals surface area contributed by atoms with Gasteiger partial charge in [0.1, 0.15) is 5.82 Å². The highest BCUT2D eigenvalue weighted by molar-refractivity contribution is 9.10. The maximum atomic E-state index is 11.6. The van der Waals surface area contributed by atoms with E-state index < -0.39 is 0 Å². The summed E-state index contributed by atoms with van der Waals surface area (Å²) in [7, 11) is 1.39. The Morgan fingerprint density at radius 3 is 3.05 bits per heavy atom. The molecule has 1 aliphatic heterocycles. The number of esters is 1. The molecular formula is C14H15BrN2O2. The van der Waals surface area contributed by atoms with Gasteiger partial charge in [0.2, 0.25) is 0 Å². The van der Waals surface area contributed by atoms with Crippen LogP contribution in [0.1, 0.15) is 42.0 Å². The van der Waals surface area contributed by atoms with E-state index in [1.54, 1.807) is 0 Å². The number of fused-ring (bicyclic) bond motifs is 3. The molecule has 0 fully saturated rings. The van der Waals surface area contributed by atoms with Gasteiger partial charge in [-0.05, 0) is 47.8 Å².